The van der Waals surface area contributed by atoms with Crippen molar-refractivity contribution in [1.29, 1.82) is 0 Å². The van der Waals surface area contributed by atoms with E-state index in [4.69, 9.17) is 9.15 Å². The number of aromatic hydroxyl groups is 1. The number of phenolic OH excluding ortho intramolecular Hbond substituents is 1. The lowest BCUT2D eigenvalue weighted by atomic mass is 10.1. The lowest BCUT2D eigenvalue weighted by Crippen LogP contribution is -2.16. The summed E-state index contributed by atoms with van der Waals surface area (Å²) in [6.45, 7) is 2.27. The average molecular weight is 374 g/mol. The number of rotatable bonds is 5. The van der Waals surface area contributed by atoms with Crippen LogP contribution in [0.5, 0.6) is 11.5 Å². The normalized spacial score (nSPS) is 11.3. The van der Waals surface area contributed by atoms with Crippen LogP contribution in [0.2, 0.25) is 0 Å². The molecule has 3 aromatic carbocycles. The van der Waals surface area contributed by atoms with E-state index < -0.39 is 5.91 Å². The van der Waals surface area contributed by atoms with Crippen molar-refractivity contribution in [3.8, 4) is 11.5 Å². The van der Waals surface area contributed by atoms with Gasteiger partial charge in [-0.2, -0.15) is 5.10 Å². The number of furan rings is 1. The number of nitrogens with one attached hydrogen (secondary N) is 1. The van der Waals surface area contributed by atoms with Gasteiger partial charge in [-0.05, 0) is 53.6 Å². The Morgan fingerprint density at radius 3 is 2.86 bits per heavy atom. The maximum absolute atomic E-state index is 12.4. The molecule has 28 heavy (non-hydrogen) atoms. The van der Waals surface area contributed by atoms with E-state index in [9.17, 15) is 9.90 Å². The summed E-state index contributed by atoms with van der Waals surface area (Å²) in [7, 11) is 0. The van der Waals surface area contributed by atoms with Crippen LogP contribution in [0.3, 0.4) is 0 Å². The highest BCUT2D eigenvalue weighted by Gasteiger charge is 2.13. The molecule has 0 bridgehead atoms. The average Bonchev–Trinajstić information content (AvgIpc) is 3.15. The van der Waals surface area contributed by atoms with E-state index in [-0.39, 0.29) is 11.5 Å². The summed E-state index contributed by atoms with van der Waals surface area (Å²) in [5.41, 5.74) is 3.78. The van der Waals surface area contributed by atoms with Crippen molar-refractivity contribution in [3.63, 3.8) is 0 Å². The highest BCUT2D eigenvalue weighted by molar-refractivity contribution is 6.08. The summed E-state index contributed by atoms with van der Waals surface area (Å²) in [6, 6.07) is 18.3. The molecule has 0 saturated heterocycles. The molecule has 0 atom stereocenters. The van der Waals surface area contributed by atoms with Crippen LogP contribution >= 0.6 is 0 Å². The molecule has 0 aliphatic rings. The molecule has 0 radical (unpaired) electrons. The summed E-state index contributed by atoms with van der Waals surface area (Å²) < 4.78 is 11.0. The highest BCUT2D eigenvalue weighted by atomic mass is 16.5. The number of nitrogens with zero attached hydrogens (tertiary/aromatic N) is 1. The number of fused-ring (bicyclic) bond motifs is 3. The summed E-state index contributed by atoms with van der Waals surface area (Å²) in [6.07, 6.45) is 1.47. The molecule has 4 rings (SSSR count). The Morgan fingerprint density at radius 2 is 2.00 bits per heavy atom. The van der Waals surface area contributed by atoms with Gasteiger partial charge in [-0.3, -0.25) is 4.79 Å². The van der Waals surface area contributed by atoms with E-state index in [0.717, 1.165) is 16.2 Å². The highest BCUT2D eigenvalue weighted by Crippen LogP contribution is 2.28. The van der Waals surface area contributed by atoms with Crippen molar-refractivity contribution in [2.24, 2.45) is 5.10 Å². The van der Waals surface area contributed by atoms with Gasteiger partial charge >= 0.3 is 5.91 Å². The number of carbonyl (C=O) groups excluding carboxylic acids is 1. The van der Waals surface area contributed by atoms with Crippen molar-refractivity contribution in [2.75, 3.05) is 6.61 Å². The van der Waals surface area contributed by atoms with E-state index in [1.165, 1.54) is 12.3 Å². The Balaban J connectivity index is 1.53. The van der Waals surface area contributed by atoms with Gasteiger partial charge in [0, 0.05) is 5.39 Å². The van der Waals surface area contributed by atoms with Crippen molar-refractivity contribution < 1.29 is 19.1 Å². The van der Waals surface area contributed by atoms with Gasteiger partial charge in [-0.15, -0.1) is 0 Å². The van der Waals surface area contributed by atoms with Gasteiger partial charge in [0.2, 0.25) is 0 Å². The van der Waals surface area contributed by atoms with Crippen LogP contribution in [0.4, 0.5) is 0 Å². The maximum Gasteiger partial charge on any atom is 0.307 e. The van der Waals surface area contributed by atoms with Crippen LogP contribution in [0.1, 0.15) is 23.0 Å². The van der Waals surface area contributed by atoms with Gasteiger partial charge in [-0.1, -0.05) is 30.3 Å². The number of amides is 1. The molecule has 1 aromatic heterocycles. The Labute approximate surface area is 161 Å². The van der Waals surface area contributed by atoms with Crippen molar-refractivity contribution in [2.45, 2.75) is 6.92 Å². The van der Waals surface area contributed by atoms with Gasteiger partial charge < -0.3 is 14.3 Å². The molecule has 0 aliphatic heterocycles. The third-order valence-electron chi connectivity index (χ3n) is 4.31. The summed E-state index contributed by atoms with van der Waals surface area (Å²) in [5, 5.41) is 16.7. The fourth-order valence-electron chi connectivity index (χ4n) is 3.01. The van der Waals surface area contributed by atoms with E-state index in [1.807, 2.05) is 43.3 Å². The Morgan fingerprint density at radius 1 is 1.14 bits per heavy atom. The second-order valence-corrected chi connectivity index (χ2v) is 6.17. The lowest BCUT2D eigenvalue weighted by molar-refractivity contribution is 0.0929. The van der Waals surface area contributed by atoms with E-state index >= 15 is 0 Å². The molecule has 6 nitrogen and oxygen atoms in total. The molecule has 0 spiro atoms. The zero-order chi connectivity index (χ0) is 19.5. The molecule has 140 valence electrons. The quantitative estimate of drug-likeness (QED) is 0.399. The molecule has 0 aliphatic carbocycles. The summed E-state index contributed by atoms with van der Waals surface area (Å²) in [5.74, 6) is 0.157. The van der Waals surface area contributed by atoms with Crippen LogP contribution in [0.15, 0.2) is 70.2 Å². The van der Waals surface area contributed by atoms with Crippen LogP contribution in [-0.2, 0) is 0 Å². The zero-order valence-corrected chi connectivity index (χ0v) is 15.2. The van der Waals surface area contributed by atoms with Crippen LogP contribution < -0.4 is 10.2 Å². The van der Waals surface area contributed by atoms with Gasteiger partial charge in [0.1, 0.15) is 5.58 Å². The van der Waals surface area contributed by atoms with Crippen LogP contribution in [-0.4, -0.2) is 23.8 Å². The predicted octanol–water partition coefficient (Wildman–Crippen LogP) is 4.45. The first-order chi connectivity index (χ1) is 13.7. The predicted molar refractivity (Wildman–Crippen MR) is 108 cm³/mol. The van der Waals surface area contributed by atoms with E-state index in [0.29, 0.717) is 23.5 Å². The Kier molecular flexibility index (Phi) is 4.68. The first-order valence-electron chi connectivity index (χ1n) is 8.86. The molecule has 1 amide bonds. The lowest BCUT2D eigenvalue weighted by Gasteiger charge is -2.05. The third-order valence-corrected chi connectivity index (χ3v) is 4.31. The van der Waals surface area contributed by atoms with Gasteiger partial charge in [-0.25, -0.2) is 5.43 Å². The topological polar surface area (TPSA) is 84.1 Å². The molecule has 0 saturated carbocycles. The minimum absolute atomic E-state index is 0.0533. The number of hydrazone groups is 1. The van der Waals surface area contributed by atoms with Crippen molar-refractivity contribution >= 4 is 33.9 Å². The number of benzene rings is 3. The molecule has 0 fully saturated rings. The SMILES string of the molecule is CCOc1cc(/C=N\NC(=O)c2cc3c(ccc4ccccc43)o2)ccc1O. The second-order valence-electron chi connectivity index (χ2n) is 6.17. The van der Waals surface area contributed by atoms with E-state index in [2.05, 4.69) is 10.5 Å². The first kappa shape index (κ1) is 17.6. The smallest absolute Gasteiger partial charge is 0.307 e. The van der Waals surface area contributed by atoms with E-state index in [1.54, 1.807) is 18.2 Å². The zero-order valence-electron chi connectivity index (χ0n) is 15.2. The summed E-state index contributed by atoms with van der Waals surface area (Å²) in [4.78, 5) is 12.4. The Bertz CT molecular complexity index is 1190. The van der Waals surface area contributed by atoms with Crippen LogP contribution in [0, 0.1) is 0 Å². The number of carbonyl (C=O) groups is 1. The van der Waals surface area contributed by atoms with Crippen LogP contribution in [0.25, 0.3) is 21.7 Å². The molecular weight excluding hydrogens is 356 g/mol. The minimum Gasteiger partial charge on any atom is -0.504 e. The number of phenols is 1. The Hall–Kier alpha value is -3.80. The fraction of sp³-hybridized carbons (Fsp3) is 0.0909. The first-order valence-corrected chi connectivity index (χ1v) is 8.86. The monoisotopic (exact) mass is 374 g/mol. The minimum atomic E-state index is -0.444. The van der Waals surface area contributed by atoms with Crippen molar-refractivity contribution in [1.82, 2.24) is 5.43 Å². The number of ether oxygens (including phenoxy) is 1. The van der Waals surface area contributed by atoms with Gasteiger partial charge in [0.15, 0.2) is 17.3 Å². The maximum atomic E-state index is 12.4. The fourth-order valence-corrected chi connectivity index (χ4v) is 3.01. The number of hydrogen-bond donors (Lipinski definition) is 2. The largest absolute Gasteiger partial charge is 0.504 e. The molecule has 1 heterocycles. The van der Waals surface area contributed by atoms with Gasteiger partial charge in [0.05, 0.1) is 12.8 Å². The number of hydrogen-bond acceptors (Lipinski definition) is 5. The van der Waals surface area contributed by atoms with Crippen molar-refractivity contribution in [3.05, 3.63) is 72.0 Å². The second kappa shape index (κ2) is 7.44. The third kappa shape index (κ3) is 3.40. The molecule has 0 unspecified atom stereocenters. The molecule has 4 aromatic rings. The molecule has 2 N–H and O–H groups in total. The molecule has 6 heteroatoms. The van der Waals surface area contributed by atoms with Gasteiger partial charge in [0.25, 0.3) is 0 Å². The molecular formula is C22H18N2O4. The standard InChI is InChI=1S/C22H18N2O4/c1-2-27-20-11-14(7-9-18(20)25)13-23-24-22(26)21-12-17-16-6-4-3-5-15(16)8-10-19(17)28-21/h3-13,25H,2H2,1H3,(H,24,26)/b23-13-. The summed E-state index contributed by atoms with van der Waals surface area (Å²) >= 11 is 0.